The lowest BCUT2D eigenvalue weighted by Gasteiger charge is -2.06. The number of carbonyl (C=O) groups is 3. The fourth-order valence-corrected chi connectivity index (χ4v) is 3.48. The molecule has 0 saturated carbocycles. The summed E-state index contributed by atoms with van der Waals surface area (Å²) in [5.74, 6) is -1.03. The zero-order chi connectivity index (χ0) is 27.4. The van der Waals surface area contributed by atoms with Crippen molar-refractivity contribution >= 4 is 57.7 Å². The highest BCUT2D eigenvalue weighted by Gasteiger charge is 2.33. The summed E-state index contributed by atoms with van der Waals surface area (Å²) in [6.07, 6.45) is -4.20. The lowest BCUT2D eigenvalue weighted by molar-refractivity contribution is -0.220. The van der Waals surface area contributed by atoms with E-state index in [9.17, 15) is 27.6 Å². The number of alkyl halides is 3. The van der Waals surface area contributed by atoms with Crippen LogP contribution in [0.1, 0.15) is 29.2 Å². The van der Waals surface area contributed by atoms with Crippen LogP contribution in [-0.2, 0) is 17.5 Å². The van der Waals surface area contributed by atoms with Crippen LogP contribution in [0.5, 0.6) is 0 Å². The number of nitrogens with one attached hydrogen (secondary N) is 4. The number of H-pyrrole nitrogens is 1. The Morgan fingerprint density at radius 1 is 0.974 bits per heavy atom. The van der Waals surface area contributed by atoms with Crippen LogP contribution in [0.25, 0.3) is 11.0 Å². The molecule has 16 heteroatoms. The van der Waals surface area contributed by atoms with Gasteiger partial charge in [-0.05, 0) is 48.9 Å². The molecule has 12 nitrogen and oxygen atoms in total. The van der Waals surface area contributed by atoms with Gasteiger partial charge < -0.3 is 21.4 Å². The Kier molecular flexibility index (Phi) is 7.47. The lowest BCUT2D eigenvalue weighted by Crippen LogP contribution is -2.22. The number of amides is 4. The quantitative estimate of drug-likeness (QED) is 0.222. The highest BCUT2D eigenvalue weighted by molar-refractivity contribution is 6.30. The van der Waals surface area contributed by atoms with Crippen molar-refractivity contribution in [3.05, 3.63) is 59.0 Å². The van der Waals surface area contributed by atoms with Gasteiger partial charge >= 0.3 is 12.3 Å². The molecule has 0 aliphatic heterocycles. The van der Waals surface area contributed by atoms with Crippen LogP contribution in [0.4, 0.5) is 35.2 Å². The van der Waals surface area contributed by atoms with Gasteiger partial charge in [-0.15, -0.1) is 23.4 Å². The molecular formula is C22H19ClF3N9O3. The highest BCUT2D eigenvalue weighted by atomic mass is 35.5. The molecule has 0 bridgehead atoms. The molecular weight excluding hydrogens is 531 g/mol. The summed E-state index contributed by atoms with van der Waals surface area (Å²) >= 11 is 5.81. The summed E-state index contributed by atoms with van der Waals surface area (Å²) in [5.41, 5.74) is 5.95. The van der Waals surface area contributed by atoms with Crippen molar-refractivity contribution in [1.82, 2.24) is 25.0 Å². The SMILES string of the molecule is NC(=O)c1[nH]c(CCCC(=O)Nc2ccc3nn(C(F)(F)F)nc3c2)nc1NC(=O)Nc1ccc(Cl)cc1. The van der Waals surface area contributed by atoms with E-state index < -0.39 is 24.1 Å². The Labute approximate surface area is 216 Å². The van der Waals surface area contributed by atoms with Crippen molar-refractivity contribution in [2.24, 2.45) is 5.73 Å². The number of urea groups is 1. The van der Waals surface area contributed by atoms with Crippen molar-refractivity contribution < 1.29 is 27.6 Å². The van der Waals surface area contributed by atoms with Crippen LogP contribution >= 0.6 is 11.6 Å². The summed E-state index contributed by atoms with van der Waals surface area (Å²) < 4.78 is 38.3. The number of nitrogens with zero attached hydrogens (tertiary/aromatic N) is 4. The van der Waals surface area contributed by atoms with E-state index in [1.165, 1.54) is 18.2 Å². The zero-order valence-electron chi connectivity index (χ0n) is 19.3. The van der Waals surface area contributed by atoms with Gasteiger partial charge in [-0.1, -0.05) is 16.4 Å². The maximum absolute atomic E-state index is 12.8. The van der Waals surface area contributed by atoms with Gasteiger partial charge in [-0.3, -0.25) is 14.9 Å². The second-order valence-electron chi connectivity index (χ2n) is 7.92. The minimum absolute atomic E-state index is 0.0228. The maximum Gasteiger partial charge on any atom is 0.521 e. The average molecular weight is 550 g/mol. The molecule has 4 aromatic rings. The number of benzene rings is 2. The van der Waals surface area contributed by atoms with Crippen LogP contribution in [-0.4, -0.2) is 42.8 Å². The second kappa shape index (κ2) is 10.8. The van der Waals surface area contributed by atoms with Gasteiger partial charge in [0, 0.05) is 29.2 Å². The van der Waals surface area contributed by atoms with Crippen LogP contribution < -0.4 is 21.7 Å². The van der Waals surface area contributed by atoms with E-state index in [4.69, 9.17) is 17.3 Å². The number of aromatic amines is 1. The third kappa shape index (κ3) is 6.56. The summed E-state index contributed by atoms with van der Waals surface area (Å²) in [7, 11) is 0. The number of aromatic nitrogens is 5. The summed E-state index contributed by atoms with van der Waals surface area (Å²) in [5, 5.41) is 14.8. The fraction of sp³-hybridized carbons (Fsp3) is 0.182. The molecule has 0 spiro atoms. The van der Waals surface area contributed by atoms with Crippen molar-refractivity contribution in [1.29, 1.82) is 0 Å². The number of imidazole rings is 1. The van der Waals surface area contributed by atoms with Crippen LogP contribution in [0.2, 0.25) is 5.02 Å². The summed E-state index contributed by atoms with van der Waals surface area (Å²) in [6, 6.07) is 9.68. The molecule has 0 aliphatic carbocycles. The fourth-order valence-electron chi connectivity index (χ4n) is 3.36. The van der Waals surface area contributed by atoms with E-state index in [-0.39, 0.29) is 45.9 Å². The Morgan fingerprint density at radius 2 is 1.66 bits per heavy atom. The molecule has 0 fully saturated rings. The molecule has 6 N–H and O–H groups in total. The van der Waals surface area contributed by atoms with Crippen LogP contribution in [0.3, 0.4) is 0 Å². The molecule has 0 aliphatic rings. The monoisotopic (exact) mass is 549 g/mol. The number of rotatable bonds is 8. The number of nitrogens with two attached hydrogens (primary N) is 1. The first kappa shape index (κ1) is 26.4. The standard InChI is InChI=1S/C22H19ClF3N9O3/c23-11-4-6-12(7-5-11)29-21(38)32-20-18(19(27)37)30-16(31-20)2-1-3-17(36)28-13-8-9-14-15(10-13)34-35(33-14)22(24,25)26/h4-10H,1-3H2,(H2,27,37)(H,28,36)(H,30,31)(H2,29,32,38). The van der Waals surface area contributed by atoms with Gasteiger partial charge in [0.25, 0.3) is 5.91 Å². The summed E-state index contributed by atoms with van der Waals surface area (Å²) in [4.78, 5) is 42.9. The van der Waals surface area contributed by atoms with Crippen molar-refractivity contribution in [2.45, 2.75) is 25.6 Å². The van der Waals surface area contributed by atoms with Crippen molar-refractivity contribution in [3.63, 3.8) is 0 Å². The largest absolute Gasteiger partial charge is 0.521 e. The number of primary amides is 1. The molecule has 198 valence electrons. The van der Waals surface area contributed by atoms with E-state index in [2.05, 4.69) is 36.1 Å². The zero-order valence-corrected chi connectivity index (χ0v) is 20.0. The van der Waals surface area contributed by atoms with Crippen LogP contribution in [0, 0.1) is 0 Å². The number of anilines is 3. The molecule has 4 rings (SSSR count). The Bertz CT molecular complexity index is 1500. The first-order chi connectivity index (χ1) is 18.0. The van der Waals surface area contributed by atoms with E-state index in [0.717, 1.165) is 0 Å². The lowest BCUT2D eigenvalue weighted by atomic mass is 10.2. The summed E-state index contributed by atoms with van der Waals surface area (Å²) in [6.45, 7) is 0. The molecule has 0 atom stereocenters. The predicted molar refractivity (Wildman–Crippen MR) is 132 cm³/mol. The molecule has 0 saturated heterocycles. The molecule has 0 radical (unpaired) electrons. The minimum atomic E-state index is -4.75. The second-order valence-corrected chi connectivity index (χ2v) is 8.36. The Morgan fingerprint density at radius 3 is 2.34 bits per heavy atom. The molecule has 2 heterocycles. The van der Waals surface area contributed by atoms with Gasteiger partial charge in [0.05, 0.1) is 0 Å². The topological polar surface area (TPSA) is 173 Å². The number of aryl methyl sites for hydroxylation is 1. The van der Waals surface area contributed by atoms with Gasteiger partial charge in [-0.2, -0.15) is 0 Å². The van der Waals surface area contributed by atoms with Crippen molar-refractivity contribution in [2.75, 3.05) is 16.0 Å². The number of fused-ring (bicyclic) bond motifs is 1. The molecule has 0 unspecified atom stereocenters. The minimum Gasteiger partial charge on any atom is -0.364 e. The third-order valence-corrected chi connectivity index (χ3v) is 5.29. The molecule has 2 aromatic heterocycles. The number of carbonyl (C=O) groups excluding carboxylic acids is 3. The highest BCUT2D eigenvalue weighted by Crippen LogP contribution is 2.23. The Hall–Kier alpha value is -4.66. The molecule has 38 heavy (non-hydrogen) atoms. The number of hydrogen-bond donors (Lipinski definition) is 5. The Balaban J connectivity index is 1.32. The number of hydrogen-bond acceptors (Lipinski definition) is 6. The van der Waals surface area contributed by atoms with Gasteiger partial charge in [0.2, 0.25) is 5.91 Å². The van der Waals surface area contributed by atoms with Crippen molar-refractivity contribution in [3.8, 4) is 0 Å². The third-order valence-electron chi connectivity index (χ3n) is 5.04. The van der Waals surface area contributed by atoms with E-state index >= 15 is 0 Å². The van der Waals surface area contributed by atoms with E-state index in [1.54, 1.807) is 24.3 Å². The first-order valence-electron chi connectivity index (χ1n) is 10.9. The predicted octanol–water partition coefficient (Wildman–Crippen LogP) is 3.99. The smallest absolute Gasteiger partial charge is 0.364 e. The normalized spacial score (nSPS) is 11.4. The maximum atomic E-state index is 12.8. The van der Waals surface area contributed by atoms with Gasteiger partial charge in [0.1, 0.15) is 22.6 Å². The number of halogens is 4. The average Bonchev–Trinajstić information content (AvgIpc) is 3.44. The molecule has 2 aromatic carbocycles. The van der Waals surface area contributed by atoms with Crippen LogP contribution in [0.15, 0.2) is 42.5 Å². The first-order valence-corrected chi connectivity index (χ1v) is 11.3. The van der Waals surface area contributed by atoms with Gasteiger partial charge in [0.15, 0.2) is 5.82 Å². The van der Waals surface area contributed by atoms with E-state index in [0.29, 0.717) is 23.0 Å². The van der Waals surface area contributed by atoms with E-state index in [1.807, 2.05) is 0 Å². The molecule has 4 amide bonds. The van der Waals surface area contributed by atoms with Gasteiger partial charge in [-0.25, -0.2) is 9.78 Å².